The molecule has 4 aliphatic rings. The molecule has 0 N–H and O–H groups in total. The van der Waals surface area contributed by atoms with E-state index in [2.05, 4.69) is 21.2 Å². The fourth-order valence-corrected chi connectivity index (χ4v) is 6.97. The van der Waals surface area contributed by atoms with Gasteiger partial charge < -0.3 is 9.47 Å². The number of benzene rings is 2. The van der Waals surface area contributed by atoms with Crippen LogP contribution in [0.2, 0.25) is 0 Å². The predicted octanol–water partition coefficient (Wildman–Crippen LogP) is 5.64. The molecule has 3 aromatic rings. The van der Waals surface area contributed by atoms with Crippen molar-refractivity contribution in [3.63, 3.8) is 0 Å². The monoisotopic (exact) mass is 535 g/mol. The van der Waals surface area contributed by atoms with Gasteiger partial charge in [0.2, 0.25) is 0 Å². The van der Waals surface area contributed by atoms with Crippen molar-refractivity contribution >= 4 is 11.6 Å². The molecule has 2 saturated carbocycles. The number of rotatable bonds is 6. The van der Waals surface area contributed by atoms with E-state index in [0.29, 0.717) is 23.2 Å². The molecule has 1 aromatic heterocycles. The molecule has 6 nitrogen and oxygen atoms in total. The van der Waals surface area contributed by atoms with E-state index in [0.717, 1.165) is 56.6 Å². The quantitative estimate of drug-likeness (QED) is 0.410. The number of carbonyl (C=O) groups excluding carboxylic acids is 1. The van der Waals surface area contributed by atoms with Gasteiger partial charge in [-0.25, -0.2) is 0 Å². The van der Waals surface area contributed by atoms with E-state index in [1.54, 1.807) is 12.4 Å². The second-order valence-electron chi connectivity index (χ2n) is 12.2. The van der Waals surface area contributed by atoms with Gasteiger partial charge in [0.15, 0.2) is 0 Å². The first-order chi connectivity index (χ1) is 18.6. The summed E-state index contributed by atoms with van der Waals surface area (Å²) in [4.78, 5) is 17.4. The van der Waals surface area contributed by atoms with E-state index in [1.165, 1.54) is 23.8 Å². The van der Waals surface area contributed by atoms with Gasteiger partial charge in [0.05, 0.1) is 12.1 Å². The van der Waals surface area contributed by atoms with Crippen LogP contribution in [0, 0.1) is 5.41 Å². The van der Waals surface area contributed by atoms with Gasteiger partial charge in [-0.1, -0.05) is 18.6 Å². The Hall–Kier alpha value is -3.20. The van der Waals surface area contributed by atoms with Crippen LogP contribution in [0.1, 0.15) is 77.0 Å². The Bertz CT molecular complexity index is 1450. The van der Waals surface area contributed by atoms with Gasteiger partial charge in [-0.2, -0.15) is 13.2 Å². The minimum absolute atomic E-state index is 0.0736. The molecule has 3 heterocycles. The smallest absolute Gasteiger partial charge is 0.321 e. The zero-order valence-electron chi connectivity index (χ0n) is 22.1. The van der Waals surface area contributed by atoms with Crippen molar-refractivity contribution in [3.8, 4) is 0 Å². The molecule has 3 fully saturated rings. The number of halogens is 3. The molecule has 1 amide bonds. The Kier molecular flexibility index (Phi) is 5.50. The third-order valence-corrected chi connectivity index (χ3v) is 9.67. The zero-order chi connectivity index (χ0) is 27.0. The van der Waals surface area contributed by atoms with E-state index in [4.69, 9.17) is 0 Å². The summed E-state index contributed by atoms with van der Waals surface area (Å²) in [5.41, 5.74) is 2.18. The molecule has 0 atom stereocenters. The second-order valence-corrected chi connectivity index (χ2v) is 12.2. The zero-order valence-corrected chi connectivity index (χ0v) is 22.1. The number of aryl methyl sites for hydroxylation is 1. The molecule has 2 aliphatic carbocycles. The highest BCUT2D eigenvalue weighted by Gasteiger charge is 2.48. The summed E-state index contributed by atoms with van der Waals surface area (Å²) < 4.78 is 44.7. The average Bonchev–Trinajstić information content (AvgIpc) is 3.15. The van der Waals surface area contributed by atoms with Gasteiger partial charge in [0, 0.05) is 43.2 Å². The lowest BCUT2D eigenvalue weighted by Crippen LogP contribution is -2.37. The van der Waals surface area contributed by atoms with E-state index in [-0.39, 0.29) is 29.0 Å². The van der Waals surface area contributed by atoms with E-state index in [1.807, 2.05) is 29.8 Å². The number of nitrogens with zero attached hydrogens (tertiary/aromatic N) is 5. The molecule has 2 aromatic carbocycles. The first kappa shape index (κ1) is 24.8. The Labute approximate surface area is 225 Å². The Morgan fingerprint density at radius 3 is 2.51 bits per heavy atom. The van der Waals surface area contributed by atoms with Gasteiger partial charge in [0.1, 0.15) is 12.2 Å². The van der Waals surface area contributed by atoms with Gasteiger partial charge >= 0.3 is 6.18 Å². The molecule has 2 aliphatic heterocycles. The Balaban J connectivity index is 1.19. The van der Waals surface area contributed by atoms with Gasteiger partial charge in [0.25, 0.3) is 5.91 Å². The number of aromatic nitrogens is 3. The molecule has 7 rings (SSSR count). The number of carbonyl (C=O) groups is 1. The van der Waals surface area contributed by atoms with Crippen LogP contribution in [-0.2, 0) is 38.1 Å². The lowest BCUT2D eigenvalue weighted by Gasteiger charge is -2.42. The van der Waals surface area contributed by atoms with Crippen LogP contribution in [0.25, 0.3) is 0 Å². The molecule has 1 spiro atoms. The number of hydrogen-bond donors (Lipinski definition) is 0. The van der Waals surface area contributed by atoms with Crippen molar-refractivity contribution in [3.05, 3.63) is 76.4 Å². The number of fused-ring (bicyclic) bond motifs is 1. The summed E-state index contributed by atoms with van der Waals surface area (Å²) in [6.45, 7) is 2.22. The van der Waals surface area contributed by atoms with E-state index >= 15 is 0 Å². The van der Waals surface area contributed by atoms with Gasteiger partial charge in [-0.15, -0.1) is 10.2 Å². The van der Waals surface area contributed by atoms with Crippen LogP contribution in [0.15, 0.2) is 42.7 Å². The van der Waals surface area contributed by atoms with Crippen molar-refractivity contribution in [2.24, 2.45) is 12.5 Å². The van der Waals surface area contributed by atoms with Crippen molar-refractivity contribution in [2.45, 2.75) is 69.6 Å². The summed E-state index contributed by atoms with van der Waals surface area (Å²) in [5.74, 6) is 0.545. The third-order valence-electron chi connectivity index (χ3n) is 9.67. The van der Waals surface area contributed by atoms with Crippen LogP contribution in [0.3, 0.4) is 0 Å². The molecule has 0 bridgehead atoms. The second kappa shape index (κ2) is 8.65. The summed E-state index contributed by atoms with van der Waals surface area (Å²) in [5, 5.41) is 8.29. The molecule has 1 saturated heterocycles. The number of amides is 1. The van der Waals surface area contributed by atoms with Crippen LogP contribution in [0.4, 0.5) is 18.9 Å². The molecular weight excluding hydrogens is 503 g/mol. The topological polar surface area (TPSA) is 54.3 Å². The summed E-state index contributed by atoms with van der Waals surface area (Å²) >= 11 is 0. The van der Waals surface area contributed by atoms with Crippen LogP contribution >= 0.6 is 0 Å². The summed E-state index contributed by atoms with van der Waals surface area (Å²) in [7, 11) is 1.93. The fraction of sp³-hybridized carbons (Fsp3) is 0.500. The van der Waals surface area contributed by atoms with Crippen molar-refractivity contribution in [1.29, 1.82) is 0 Å². The van der Waals surface area contributed by atoms with Crippen LogP contribution in [-0.4, -0.2) is 38.7 Å². The van der Waals surface area contributed by atoms with Crippen LogP contribution < -0.4 is 4.90 Å². The maximum Gasteiger partial charge on any atom is 0.416 e. The fourth-order valence-electron chi connectivity index (χ4n) is 6.97. The normalized spacial score (nSPS) is 21.4. The van der Waals surface area contributed by atoms with E-state index in [9.17, 15) is 18.0 Å². The standard InChI is InChI=1S/C30H32F3N5O/c1-36-19-34-35-26(36)15-29(6-3-7-29)21-4-2-5-22(14-21)38-17-24-23(27(38)39)12-20(13-25(24)30(31,32)33)16-37-11-10-28(18-37)8-9-28/h2,4-5,12-14,19H,3,6-11,15-18H2,1H3. The lowest BCUT2D eigenvalue weighted by molar-refractivity contribution is -0.138. The van der Waals surface area contributed by atoms with Crippen molar-refractivity contribution < 1.29 is 18.0 Å². The molecule has 0 unspecified atom stereocenters. The van der Waals surface area contributed by atoms with Gasteiger partial charge in [-0.05, 0) is 85.0 Å². The maximum atomic E-state index is 14.3. The number of anilines is 1. The first-order valence-corrected chi connectivity index (χ1v) is 13.9. The Morgan fingerprint density at radius 2 is 1.87 bits per heavy atom. The number of hydrogen-bond acceptors (Lipinski definition) is 4. The molecule has 9 heteroatoms. The first-order valence-electron chi connectivity index (χ1n) is 13.9. The molecule has 39 heavy (non-hydrogen) atoms. The minimum Gasteiger partial charge on any atom is -0.321 e. The van der Waals surface area contributed by atoms with Crippen molar-refractivity contribution in [2.75, 3.05) is 18.0 Å². The largest absolute Gasteiger partial charge is 0.416 e. The number of alkyl halides is 3. The highest BCUT2D eigenvalue weighted by atomic mass is 19.4. The van der Waals surface area contributed by atoms with Crippen molar-refractivity contribution in [1.82, 2.24) is 19.7 Å². The highest BCUT2D eigenvalue weighted by Crippen LogP contribution is 2.53. The maximum absolute atomic E-state index is 14.3. The summed E-state index contributed by atoms with van der Waals surface area (Å²) in [6, 6.07) is 10.8. The minimum atomic E-state index is -4.52. The Morgan fingerprint density at radius 1 is 1.05 bits per heavy atom. The molecular formula is C30H32F3N5O. The molecule has 0 radical (unpaired) electrons. The third kappa shape index (κ3) is 4.26. The van der Waals surface area contributed by atoms with Crippen LogP contribution in [0.5, 0.6) is 0 Å². The SMILES string of the molecule is Cn1cnnc1CC1(c2cccc(N3Cc4c(cc(CN5CCC6(CC6)C5)cc4C(F)(F)F)C3=O)c2)CCC1. The average molecular weight is 536 g/mol. The molecule has 204 valence electrons. The van der Waals surface area contributed by atoms with Gasteiger partial charge in [-0.3, -0.25) is 9.69 Å². The predicted molar refractivity (Wildman–Crippen MR) is 140 cm³/mol. The highest BCUT2D eigenvalue weighted by molar-refractivity contribution is 6.10. The number of likely N-dealkylation sites (tertiary alicyclic amines) is 1. The van der Waals surface area contributed by atoms with E-state index < -0.39 is 11.7 Å². The summed E-state index contributed by atoms with van der Waals surface area (Å²) in [6.07, 6.45) is 4.55. The lowest BCUT2D eigenvalue weighted by atomic mass is 9.62.